The standard InChI is InChI=1S/C26H26N2O5/c1-18(2)19-10-12-20(13-11-19)28-24(29)15-23(26(28)31)27(16-22-9-6-14-32-22)25(30)17-33-21-7-4-3-5-8-21/h3-14,18,23H,15-17H2,1-2H3. The Morgan fingerprint density at radius 1 is 1.06 bits per heavy atom. The number of para-hydroxylation sites is 1. The maximum absolute atomic E-state index is 13.3. The molecule has 1 unspecified atom stereocenters. The third kappa shape index (κ3) is 4.98. The molecule has 0 bridgehead atoms. The smallest absolute Gasteiger partial charge is 0.261 e. The topological polar surface area (TPSA) is 80.1 Å². The van der Waals surface area contributed by atoms with Gasteiger partial charge in [0.15, 0.2) is 6.61 Å². The second kappa shape index (κ2) is 9.73. The highest BCUT2D eigenvalue weighted by molar-refractivity contribution is 6.23. The normalized spacial score (nSPS) is 15.8. The zero-order chi connectivity index (χ0) is 23.4. The largest absolute Gasteiger partial charge is 0.484 e. The lowest BCUT2D eigenvalue weighted by Gasteiger charge is -2.27. The molecule has 3 aromatic rings. The first-order valence-electron chi connectivity index (χ1n) is 10.9. The summed E-state index contributed by atoms with van der Waals surface area (Å²) in [6.07, 6.45) is 1.41. The number of hydrogen-bond donors (Lipinski definition) is 0. The molecule has 1 fully saturated rings. The molecule has 1 aromatic heterocycles. The summed E-state index contributed by atoms with van der Waals surface area (Å²) in [5, 5.41) is 0. The molecule has 1 aliphatic heterocycles. The lowest BCUT2D eigenvalue weighted by atomic mass is 10.0. The average Bonchev–Trinajstić information content (AvgIpc) is 3.44. The van der Waals surface area contributed by atoms with E-state index in [1.54, 1.807) is 36.4 Å². The molecule has 33 heavy (non-hydrogen) atoms. The van der Waals surface area contributed by atoms with Crippen LogP contribution in [0, 0.1) is 0 Å². The Morgan fingerprint density at radius 3 is 2.42 bits per heavy atom. The molecule has 1 aliphatic rings. The van der Waals surface area contributed by atoms with Crippen LogP contribution >= 0.6 is 0 Å². The highest BCUT2D eigenvalue weighted by Gasteiger charge is 2.44. The van der Waals surface area contributed by atoms with Gasteiger partial charge in [-0.15, -0.1) is 0 Å². The SMILES string of the molecule is CC(C)c1ccc(N2C(=O)CC(N(Cc3ccco3)C(=O)COc3ccccc3)C2=O)cc1. The van der Waals surface area contributed by atoms with Crippen LogP contribution in [0.15, 0.2) is 77.4 Å². The van der Waals surface area contributed by atoms with Crippen molar-refractivity contribution in [3.05, 3.63) is 84.3 Å². The van der Waals surface area contributed by atoms with Gasteiger partial charge in [-0.25, -0.2) is 4.90 Å². The van der Waals surface area contributed by atoms with Crippen molar-refractivity contribution in [1.29, 1.82) is 0 Å². The fourth-order valence-corrected chi connectivity index (χ4v) is 3.83. The minimum Gasteiger partial charge on any atom is -0.484 e. The van der Waals surface area contributed by atoms with Crippen molar-refractivity contribution >= 4 is 23.4 Å². The first-order valence-corrected chi connectivity index (χ1v) is 10.9. The number of ether oxygens (including phenoxy) is 1. The summed E-state index contributed by atoms with van der Waals surface area (Å²) in [6.45, 7) is 3.96. The Hall–Kier alpha value is -3.87. The molecule has 3 amide bonds. The number of furan rings is 1. The van der Waals surface area contributed by atoms with Crippen LogP contribution in [0.3, 0.4) is 0 Å². The van der Waals surface area contributed by atoms with E-state index in [0.717, 1.165) is 10.5 Å². The van der Waals surface area contributed by atoms with Gasteiger partial charge in [0.1, 0.15) is 17.6 Å². The second-order valence-corrected chi connectivity index (χ2v) is 8.24. The minimum absolute atomic E-state index is 0.0633. The number of benzene rings is 2. The van der Waals surface area contributed by atoms with Gasteiger partial charge in [-0.2, -0.15) is 0 Å². The number of hydrogen-bond acceptors (Lipinski definition) is 5. The molecule has 7 nitrogen and oxygen atoms in total. The molecule has 0 saturated carbocycles. The highest BCUT2D eigenvalue weighted by Crippen LogP contribution is 2.28. The van der Waals surface area contributed by atoms with Gasteiger partial charge < -0.3 is 14.1 Å². The van der Waals surface area contributed by atoms with Crippen molar-refractivity contribution in [2.75, 3.05) is 11.5 Å². The summed E-state index contributed by atoms with van der Waals surface area (Å²) in [5.41, 5.74) is 1.62. The van der Waals surface area contributed by atoms with E-state index >= 15 is 0 Å². The summed E-state index contributed by atoms with van der Waals surface area (Å²) >= 11 is 0. The van der Waals surface area contributed by atoms with E-state index < -0.39 is 17.9 Å². The van der Waals surface area contributed by atoms with Crippen LogP contribution < -0.4 is 9.64 Å². The number of rotatable bonds is 8. The summed E-state index contributed by atoms with van der Waals surface area (Å²) < 4.78 is 11.0. The predicted molar refractivity (Wildman–Crippen MR) is 123 cm³/mol. The second-order valence-electron chi connectivity index (χ2n) is 8.24. The van der Waals surface area contributed by atoms with Crippen LogP contribution in [0.4, 0.5) is 5.69 Å². The van der Waals surface area contributed by atoms with E-state index in [2.05, 4.69) is 13.8 Å². The third-order valence-corrected chi connectivity index (χ3v) is 5.65. The van der Waals surface area contributed by atoms with E-state index in [1.807, 2.05) is 30.3 Å². The van der Waals surface area contributed by atoms with Gasteiger partial charge in [-0.1, -0.05) is 44.2 Å². The molecule has 0 N–H and O–H groups in total. The molecule has 2 heterocycles. The number of imide groups is 1. The third-order valence-electron chi connectivity index (χ3n) is 5.65. The Bertz CT molecular complexity index is 1110. The average molecular weight is 447 g/mol. The van der Waals surface area contributed by atoms with Crippen molar-refractivity contribution in [2.45, 2.75) is 38.8 Å². The number of carbonyl (C=O) groups excluding carboxylic acids is 3. The molecule has 2 aromatic carbocycles. The van der Waals surface area contributed by atoms with Gasteiger partial charge in [-0.3, -0.25) is 14.4 Å². The predicted octanol–water partition coefficient (Wildman–Crippen LogP) is 4.14. The van der Waals surface area contributed by atoms with Gasteiger partial charge in [0.05, 0.1) is 24.9 Å². The first kappa shape index (κ1) is 22.3. The van der Waals surface area contributed by atoms with E-state index in [-0.39, 0.29) is 25.5 Å². The lowest BCUT2D eigenvalue weighted by Crippen LogP contribution is -2.46. The molecule has 1 saturated heterocycles. The van der Waals surface area contributed by atoms with Gasteiger partial charge in [-0.05, 0) is 47.9 Å². The van der Waals surface area contributed by atoms with Crippen LogP contribution in [0.5, 0.6) is 5.75 Å². The number of carbonyl (C=O) groups is 3. The van der Waals surface area contributed by atoms with Crippen molar-refractivity contribution in [3.8, 4) is 5.75 Å². The van der Waals surface area contributed by atoms with Crippen LogP contribution in [0.25, 0.3) is 0 Å². The van der Waals surface area contributed by atoms with Crippen molar-refractivity contribution in [3.63, 3.8) is 0 Å². The Kier molecular flexibility index (Phi) is 6.58. The number of nitrogens with zero attached hydrogens (tertiary/aromatic N) is 2. The Labute approximate surface area is 192 Å². The van der Waals surface area contributed by atoms with E-state index in [1.165, 1.54) is 11.2 Å². The van der Waals surface area contributed by atoms with Crippen molar-refractivity contribution in [1.82, 2.24) is 4.90 Å². The first-order chi connectivity index (χ1) is 15.9. The molecule has 0 aliphatic carbocycles. The van der Waals surface area contributed by atoms with Crippen LogP contribution in [0.2, 0.25) is 0 Å². The summed E-state index contributed by atoms with van der Waals surface area (Å²) in [6, 6.07) is 18.8. The fraction of sp³-hybridized carbons (Fsp3) is 0.269. The summed E-state index contributed by atoms with van der Waals surface area (Å²) in [5.74, 6) is 0.217. The van der Waals surface area contributed by atoms with Gasteiger partial charge in [0.2, 0.25) is 5.91 Å². The molecule has 4 rings (SSSR count). The highest BCUT2D eigenvalue weighted by atomic mass is 16.5. The Balaban J connectivity index is 1.55. The van der Waals surface area contributed by atoms with Crippen LogP contribution in [-0.2, 0) is 20.9 Å². The maximum Gasteiger partial charge on any atom is 0.261 e. The van der Waals surface area contributed by atoms with Gasteiger partial charge >= 0.3 is 0 Å². The molecular weight excluding hydrogens is 420 g/mol. The monoisotopic (exact) mass is 446 g/mol. The summed E-state index contributed by atoms with van der Waals surface area (Å²) in [7, 11) is 0. The zero-order valence-electron chi connectivity index (χ0n) is 18.6. The molecule has 7 heteroatoms. The van der Waals surface area contributed by atoms with Crippen molar-refractivity contribution in [2.24, 2.45) is 0 Å². The molecule has 170 valence electrons. The minimum atomic E-state index is -0.931. The van der Waals surface area contributed by atoms with E-state index in [4.69, 9.17) is 9.15 Å². The van der Waals surface area contributed by atoms with Gasteiger partial charge in [0.25, 0.3) is 11.8 Å². The summed E-state index contributed by atoms with van der Waals surface area (Å²) in [4.78, 5) is 41.8. The molecule has 0 radical (unpaired) electrons. The number of anilines is 1. The Morgan fingerprint density at radius 2 is 1.79 bits per heavy atom. The van der Waals surface area contributed by atoms with Crippen LogP contribution in [0.1, 0.15) is 37.5 Å². The van der Waals surface area contributed by atoms with E-state index in [9.17, 15) is 14.4 Å². The van der Waals surface area contributed by atoms with Crippen molar-refractivity contribution < 1.29 is 23.5 Å². The number of amides is 3. The quantitative estimate of drug-likeness (QED) is 0.486. The van der Waals surface area contributed by atoms with Crippen LogP contribution in [-0.4, -0.2) is 35.3 Å². The molecule has 1 atom stereocenters. The molecular formula is C26H26N2O5. The fourth-order valence-electron chi connectivity index (χ4n) is 3.83. The maximum atomic E-state index is 13.3. The van der Waals surface area contributed by atoms with E-state index in [0.29, 0.717) is 23.1 Å². The zero-order valence-corrected chi connectivity index (χ0v) is 18.6. The van der Waals surface area contributed by atoms with Gasteiger partial charge in [0, 0.05) is 0 Å². The molecule has 0 spiro atoms. The lowest BCUT2D eigenvalue weighted by molar-refractivity contribution is -0.141.